The molecule has 0 spiro atoms. The van der Waals surface area contributed by atoms with Crippen molar-refractivity contribution in [1.29, 1.82) is 0 Å². The van der Waals surface area contributed by atoms with Crippen molar-refractivity contribution in [3.05, 3.63) is 53.2 Å². The monoisotopic (exact) mass is 367 g/mol. The summed E-state index contributed by atoms with van der Waals surface area (Å²) in [6.07, 6.45) is 1.43. The van der Waals surface area contributed by atoms with E-state index >= 15 is 0 Å². The van der Waals surface area contributed by atoms with Crippen molar-refractivity contribution in [2.24, 2.45) is 0 Å². The maximum atomic E-state index is 12.4. The number of hydrogen-bond acceptors (Lipinski definition) is 4. The lowest BCUT2D eigenvalue weighted by Crippen LogP contribution is -2.33. The number of pyridine rings is 1. The second kappa shape index (κ2) is 7.29. The van der Waals surface area contributed by atoms with Gasteiger partial charge in [-0.15, -0.1) is 0 Å². The van der Waals surface area contributed by atoms with Crippen molar-refractivity contribution < 1.29 is 13.2 Å². The molecule has 1 aromatic carbocycles. The summed E-state index contributed by atoms with van der Waals surface area (Å²) < 4.78 is 26.0. The van der Waals surface area contributed by atoms with Gasteiger partial charge in [-0.1, -0.05) is 11.6 Å². The zero-order chi connectivity index (χ0) is 17.9. The molecular formula is C16H18ClN3O3S. The molecule has 0 radical (unpaired) electrons. The van der Waals surface area contributed by atoms with Crippen LogP contribution in [0, 0.1) is 0 Å². The molecule has 0 saturated heterocycles. The summed E-state index contributed by atoms with van der Waals surface area (Å²) in [6.45, 7) is 3.58. The molecule has 24 heavy (non-hydrogen) atoms. The largest absolute Gasteiger partial charge is 0.307 e. The van der Waals surface area contributed by atoms with Crippen molar-refractivity contribution in [2.45, 2.75) is 24.8 Å². The molecule has 0 aliphatic carbocycles. The summed E-state index contributed by atoms with van der Waals surface area (Å²) in [5.74, 6) is -0.0216. The van der Waals surface area contributed by atoms with Crippen LogP contribution in [0.15, 0.2) is 47.5 Å². The van der Waals surface area contributed by atoms with Crippen LogP contribution in [0.25, 0.3) is 0 Å². The Balaban J connectivity index is 2.17. The number of sulfonamides is 1. The number of anilines is 1. The van der Waals surface area contributed by atoms with Crippen LogP contribution in [0.3, 0.4) is 0 Å². The lowest BCUT2D eigenvalue weighted by molar-refractivity contribution is 0.102. The van der Waals surface area contributed by atoms with Crippen LogP contribution < -0.4 is 5.32 Å². The lowest BCUT2D eigenvalue weighted by Gasteiger charge is -2.21. The molecule has 0 aliphatic rings. The Kier molecular flexibility index (Phi) is 5.58. The smallest absolute Gasteiger partial charge is 0.256 e. The fourth-order valence-electron chi connectivity index (χ4n) is 1.86. The van der Waals surface area contributed by atoms with E-state index in [0.29, 0.717) is 16.4 Å². The van der Waals surface area contributed by atoms with E-state index < -0.39 is 10.0 Å². The first-order chi connectivity index (χ1) is 11.2. The van der Waals surface area contributed by atoms with E-state index in [1.165, 1.54) is 41.8 Å². The number of aromatic nitrogens is 1. The second-order valence-electron chi connectivity index (χ2n) is 5.46. The highest BCUT2D eigenvalue weighted by Crippen LogP contribution is 2.18. The average molecular weight is 368 g/mol. The molecule has 1 N–H and O–H groups in total. The quantitative estimate of drug-likeness (QED) is 0.880. The highest BCUT2D eigenvalue weighted by atomic mass is 35.5. The Morgan fingerprint density at radius 3 is 2.29 bits per heavy atom. The van der Waals surface area contributed by atoms with Gasteiger partial charge in [0.2, 0.25) is 10.0 Å². The van der Waals surface area contributed by atoms with Gasteiger partial charge in [-0.2, -0.15) is 4.31 Å². The van der Waals surface area contributed by atoms with Gasteiger partial charge in [-0.3, -0.25) is 4.79 Å². The van der Waals surface area contributed by atoms with Crippen LogP contribution in [0.4, 0.5) is 5.82 Å². The van der Waals surface area contributed by atoms with Gasteiger partial charge in [0.15, 0.2) is 0 Å². The van der Waals surface area contributed by atoms with Crippen LogP contribution in [0.1, 0.15) is 24.2 Å². The molecule has 128 valence electrons. The second-order valence-corrected chi connectivity index (χ2v) is 7.89. The maximum absolute atomic E-state index is 12.4. The Labute approximate surface area is 146 Å². The number of nitrogens with one attached hydrogen (secondary N) is 1. The van der Waals surface area contributed by atoms with Crippen molar-refractivity contribution in [3.63, 3.8) is 0 Å². The first-order valence-electron chi connectivity index (χ1n) is 7.23. The van der Waals surface area contributed by atoms with Crippen LogP contribution in [0.2, 0.25) is 5.02 Å². The van der Waals surface area contributed by atoms with Gasteiger partial charge in [0.25, 0.3) is 5.91 Å². The van der Waals surface area contributed by atoms with Crippen molar-refractivity contribution in [1.82, 2.24) is 9.29 Å². The zero-order valence-electron chi connectivity index (χ0n) is 13.5. The molecule has 8 heteroatoms. The molecule has 2 aromatic rings. The summed E-state index contributed by atoms with van der Waals surface area (Å²) in [5.41, 5.74) is 0.331. The molecule has 1 amide bonds. The number of hydrogen-bond donors (Lipinski definition) is 1. The maximum Gasteiger partial charge on any atom is 0.256 e. The first-order valence-corrected chi connectivity index (χ1v) is 9.04. The predicted molar refractivity (Wildman–Crippen MR) is 93.7 cm³/mol. The van der Waals surface area contributed by atoms with Crippen molar-refractivity contribution >= 4 is 33.3 Å². The minimum Gasteiger partial charge on any atom is -0.307 e. The van der Waals surface area contributed by atoms with Gasteiger partial charge >= 0.3 is 0 Å². The lowest BCUT2D eigenvalue weighted by atomic mass is 10.2. The van der Waals surface area contributed by atoms with Gasteiger partial charge in [0.1, 0.15) is 5.82 Å². The molecular weight excluding hydrogens is 350 g/mol. The molecule has 0 aliphatic heterocycles. The van der Waals surface area contributed by atoms with E-state index in [4.69, 9.17) is 11.6 Å². The van der Waals surface area contributed by atoms with Gasteiger partial charge in [-0.05, 0) is 50.2 Å². The molecule has 0 unspecified atom stereocenters. The molecule has 6 nitrogen and oxygen atoms in total. The fraction of sp³-hybridized carbons (Fsp3) is 0.250. The molecule has 0 atom stereocenters. The number of amides is 1. The Hall–Kier alpha value is -1.96. The Morgan fingerprint density at radius 2 is 1.79 bits per heavy atom. The number of halogens is 1. The van der Waals surface area contributed by atoms with Gasteiger partial charge in [0, 0.05) is 24.8 Å². The highest BCUT2D eigenvalue weighted by Gasteiger charge is 2.23. The molecule has 0 bridgehead atoms. The van der Waals surface area contributed by atoms with E-state index in [1.54, 1.807) is 26.0 Å². The summed E-state index contributed by atoms with van der Waals surface area (Å²) in [4.78, 5) is 16.3. The van der Waals surface area contributed by atoms with Crippen molar-refractivity contribution in [2.75, 3.05) is 12.4 Å². The van der Waals surface area contributed by atoms with Crippen LogP contribution in [-0.2, 0) is 10.0 Å². The molecule has 2 rings (SSSR count). The molecule has 0 saturated carbocycles. The topological polar surface area (TPSA) is 79.4 Å². The summed E-state index contributed by atoms with van der Waals surface area (Å²) in [5, 5.41) is 3.09. The van der Waals surface area contributed by atoms with E-state index in [0.717, 1.165) is 0 Å². The number of rotatable bonds is 5. The zero-order valence-corrected chi connectivity index (χ0v) is 15.1. The third-order valence-corrected chi connectivity index (χ3v) is 5.76. The number of carbonyl (C=O) groups is 1. The summed E-state index contributed by atoms with van der Waals surface area (Å²) >= 11 is 5.74. The number of carbonyl (C=O) groups excluding carboxylic acids is 1. The molecule has 1 aromatic heterocycles. The fourth-order valence-corrected chi connectivity index (χ4v) is 3.34. The van der Waals surface area contributed by atoms with Gasteiger partial charge in [0.05, 0.1) is 9.92 Å². The Morgan fingerprint density at radius 1 is 1.17 bits per heavy atom. The van der Waals surface area contributed by atoms with Crippen molar-refractivity contribution in [3.8, 4) is 0 Å². The van der Waals surface area contributed by atoms with Gasteiger partial charge < -0.3 is 5.32 Å². The number of benzene rings is 1. The standard InChI is InChI=1S/C16H18ClN3O3S/c1-11(2)20(3)24(22,23)14-7-4-12(5-8-14)16(21)19-15-9-6-13(17)10-18-15/h4-11H,1-3H3,(H,18,19,21). The minimum absolute atomic E-state index is 0.139. The SMILES string of the molecule is CC(C)N(C)S(=O)(=O)c1ccc(C(=O)Nc2ccc(Cl)cn2)cc1. The summed E-state index contributed by atoms with van der Waals surface area (Å²) in [6, 6.07) is 8.79. The van der Waals surface area contributed by atoms with E-state index in [1.807, 2.05) is 0 Å². The predicted octanol–water partition coefficient (Wildman–Crippen LogP) is 3.02. The Bertz CT molecular complexity index is 819. The van der Waals surface area contributed by atoms with Crippen LogP contribution in [-0.4, -0.2) is 36.7 Å². The molecule has 0 fully saturated rings. The van der Waals surface area contributed by atoms with E-state index in [9.17, 15) is 13.2 Å². The third-order valence-electron chi connectivity index (χ3n) is 3.49. The minimum atomic E-state index is -3.57. The third kappa shape index (κ3) is 4.11. The van der Waals surface area contributed by atoms with Gasteiger partial charge in [-0.25, -0.2) is 13.4 Å². The normalized spacial score (nSPS) is 11.8. The van der Waals surface area contributed by atoms with Crippen LogP contribution >= 0.6 is 11.6 Å². The van der Waals surface area contributed by atoms with E-state index in [2.05, 4.69) is 10.3 Å². The van der Waals surface area contributed by atoms with Crippen LogP contribution in [0.5, 0.6) is 0 Å². The first kappa shape index (κ1) is 18.4. The average Bonchev–Trinajstić information content (AvgIpc) is 2.56. The van der Waals surface area contributed by atoms with E-state index in [-0.39, 0.29) is 16.8 Å². The number of nitrogens with zero attached hydrogens (tertiary/aromatic N) is 2. The highest BCUT2D eigenvalue weighted by molar-refractivity contribution is 7.89. The summed E-state index contributed by atoms with van der Waals surface area (Å²) in [7, 11) is -2.05. The molecule has 1 heterocycles.